The number of hydrogen-bond acceptors (Lipinski definition) is 3. The van der Waals surface area contributed by atoms with Gasteiger partial charge in [-0.2, -0.15) is 13.2 Å². The zero-order valence-corrected chi connectivity index (χ0v) is 12.1. The van der Waals surface area contributed by atoms with Gasteiger partial charge in [0, 0.05) is 24.7 Å². The zero-order valence-electron chi connectivity index (χ0n) is 12.1. The van der Waals surface area contributed by atoms with E-state index in [1.165, 1.54) is 0 Å². The van der Waals surface area contributed by atoms with Crippen molar-refractivity contribution in [2.24, 2.45) is 7.05 Å². The minimum absolute atomic E-state index is 0.465. The SMILES string of the molecule is Cc1c(NC(=O)CCC(F)(F)F)cccc1-c1nncn1C. The number of benzene rings is 1. The Kier molecular flexibility index (Phi) is 4.48. The average molecular weight is 312 g/mol. The molecule has 0 atom stereocenters. The molecule has 0 aliphatic carbocycles. The molecule has 1 aromatic carbocycles. The van der Waals surface area contributed by atoms with Crippen LogP contribution in [0.3, 0.4) is 0 Å². The van der Waals surface area contributed by atoms with Crippen molar-refractivity contribution in [1.82, 2.24) is 14.8 Å². The van der Waals surface area contributed by atoms with Crippen molar-refractivity contribution in [3.8, 4) is 11.4 Å². The fourth-order valence-corrected chi connectivity index (χ4v) is 2.01. The highest BCUT2D eigenvalue weighted by Gasteiger charge is 2.28. The van der Waals surface area contributed by atoms with Crippen molar-refractivity contribution < 1.29 is 18.0 Å². The Hall–Kier alpha value is -2.38. The molecule has 0 bridgehead atoms. The predicted molar refractivity (Wildman–Crippen MR) is 75.1 cm³/mol. The second kappa shape index (κ2) is 6.17. The number of amides is 1. The van der Waals surface area contributed by atoms with Gasteiger partial charge in [-0.05, 0) is 18.6 Å². The van der Waals surface area contributed by atoms with Gasteiger partial charge in [-0.15, -0.1) is 10.2 Å². The van der Waals surface area contributed by atoms with E-state index in [-0.39, 0.29) is 0 Å². The molecule has 1 aromatic heterocycles. The Labute approximate surface area is 125 Å². The van der Waals surface area contributed by atoms with Crippen molar-refractivity contribution >= 4 is 11.6 Å². The first-order valence-electron chi connectivity index (χ1n) is 6.58. The summed E-state index contributed by atoms with van der Waals surface area (Å²) in [5, 5.41) is 10.3. The molecule has 2 rings (SSSR count). The number of aryl methyl sites for hydroxylation is 1. The number of nitrogens with zero attached hydrogens (tertiary/aromatic N) is 3. The number of alkyl halides is 3. The lowest BCUT2D eigenvalue weighted by molar-refractivity contribution is -0.142. The van der Waals surface area contributed by atoms with Crippen LogP contribution in [0.5, 0.6) is 0 Å². The molecule has 0 aliphatic rings. The minimum Gasteiger partial charge on any atom is -0.326 e. The monoisotopic (exact) mass is 312 g/mol. The van der Waals surface area contributed by atoms with E-state index in [1.54, 1.807) is 37.0 Å². The van der Waals surface area contributed by atoms with Crippen molar-refractivity contribution in [2.75, 3.05) is 5.32 Å². The zero-order chi connectivity index (χ0) is 16.3. The molecular formula is C14H15F3N4O. The number of carbonyl (C=O) groups is 1. The van der Waals surface area contributed by atoms with E-state index in [1.807, 2.05) is 6.07 Å². The maximum atomic E-state index is 12.1. The van der Waals surface area contributed by atoms with Crippen LogP contribution in [0, 0.1) is 6.92 Å². The van der Waals surface area contributed by atoms with Crippen molar-refractivity contribution in [3.05, 3.63) is 30.1 Å². The first-order chi connectivity index (χ1) is 10.3. The third kappa shape index (κ3) is 3.84. The Bertz CT molecular complexity index is 679. The molecule has 8 heteroatoms. The molecule has 1 amide bonds. The fourth-order valence-electron chi connectivity index (χ4n) is 2.01. The van der Waals surface area contributed by atoms with Crippen molar-refractivity contribution in [3.63, 3.8) is 0 Å². The number of aromatic nitrogens is 3. The molecule has 2 aromatic rings. The van der Waals surface area contributed by atoms with Crippen LogP contribution in [0.4, 0.5) is 18.9 Å². The van der Waals surface area contributed by atoms with Gasteiger partial charge in [0.2, 0.25) is 5.91 Å². The van der Waals surface area contributed by atoms with Crippen LogP contribution in [0.15, 0.2) is 24.5 Å². The minimum atomic E-state index is -4.34. The van der Waals surface area contributed by atoms with Gasteiger partial charge in [-0.1, -0.05) is 12.1 Å². The molecule has 0 radical (unpaired) electrons. The largest absolute Gasteiger partial charge is 0.389 e. The third-order valence-electron chi connectivity index (χ3n) is 3.20. The molecule has 1 heterocycles. The van der Waals surface area contributed by atoms with Crippen LogP contribution in [0.25, 0.3) is 11.4 Å². The molecule has 22 heavy (non-hydrogen) atoms. The van der Waals surface area contributed by atoms with Crippen molar-refractivity contribution in [1.29, 1.82) is 0 Å². The second-order valence-electron chi connectivity index (χ2n) is 4.91. The van der Waals surface area contributed by atoms with Crippen LogP contribution in [-0.2, 0) is 11.8 Å². The van der Waals surface area contributed by atoms with Crippen LogP contribution in [0.1, 0.15) is 18.4 Å². The van der Waals surface area contributed by atoms with Gasteiger partial charge in [0.05, 0.1) is 6.42 Å². The molecule has 1 N–H and O–H groups in total. The molecule has 5 nitrogen and oxygen atoms in total. The standard InChI is InChI=1S/C14H15F3N4O/c1-9-10(13-20-18-8-21(13)2)4-3-5-11(9)19-12(22)6-7-14(15,16)17/h3-5,8H,6-7H2,1-2H3,(H,19,22). The molecule has 0 aliphatic heterocycles. The summed E-state index contributed by atoms with van der Waals surface area (Å²) in [6.07, 6.45) is -4.53. The second-order valence-corrected chi connectivity index (χ2v) is 4.91. The third-order valence-corrected chi connectivity index (χ3v) is 3.20. The van der Waals surface area contributed by atoms with Crippen LogP contribution >= 0.6 is 0 Å². The van der Waals surface area contributed by atoms with E-state index >= 15 is 0 Å². The highest BCUT2D eigenvalue weighted by molar-refractivity contribution is 5.92. The highest BCUT2D eigenvalue weighted by Crippen LogP contribution is 2.27. The van der Waals surface area contributed by atoms with Gasteiger partial charge in [0.15, 0.2) is 5.82 Å². The topological polar surface area (TPSA) is 59.8 Å². The van der Waals surface area contributed by atoms with E-state index in [4.69, 9.17) is 0 Å². The lowest BCUT2D eigenvalue weighted by atomic mass is 10.1. The van der Waals surface area contributed by atoms with E-state index in [0.717, 1.165) is 11.1 Å². The van der Waals surface area contributed by atoms with E-state index in [2.05, 4.69) is 15.5 Å². The van der Waals surface area contributed by atoms with Gasteiger partial charge >= 0.3 is 6.18 Å². The van der Waals surface area contributed by atoms with Crippen LogP contribution in [-0.4, -0.2) is 26.8 Å². The Morgan fingerprint density at radius 3 is 2.68 bits per heavy atom. The van der Waals surface area contributed by atoms with Crippen molar-refractivity contribution in [2.45, 2.75) is 25.9 Å². The quantitative estimate of drug-likeness (QED) is 0.944. The number of nitrogens with one attached hydrogen (secondary N) is 1. The molecular weight excluding hydrogens is 297 g/mol. The van der Waals surface area contributed by atoms with Crippen LogP contribution in [0.2, 0.25) is 0 Å². The lowest BCUT2D eigenvalue weighted by Gasteiger charge is -2.12. The number of rotatable bonds is 4. The summed E-state index contributed by atoms with van der Waals surface area (Å²) in [6.45, 7) is 1.77. The van der Waals surface area contributed by atoms with Gasteiger partial charge in [0.1, 0.15) is 6.33 Å². The predicted octanol–water partition coefficient (Wildman–Crippen LogP) is 3.07. The number of anilines is 1. The van der Waals surface area contributed by atoms with E-state index in [9.17, 15) is 18.0 Å². The first-order valence-corrected chi connectivity index (χ1v) is 6.58. The van der Waals surface area contributed by atoms with Crippen LogP contribution < -0.4 is 5.32 Å². The number of carbonyl (C=O) groups excluding carboxylic acids is 1. The van der Waals surface area contributed by atoms with Gasteiger partial charge in [-0.3, -0.25) is 4.79 Å². The van der Waals surface area contributed by atoms with Gasteiger partial charge in [-0.25, -0.2) is 0 Å². The summed E-state index contributed by atoms with van der Waals surface area (Å²) < 4.78 is 38.1. The highest BCUT2D eigenvalue weighted by atomic mass is 19.4. The van der Waals surface area contributed by atoms with E-state index in [0.29, 0.717) is 11.5 Å². The summed E-state index contributed by atoms with van der Waals surface area (Å²) >= 11 is 0. The molecule has 0 fully saturated rings. The lowest BCUT2D eigenvalue weighted by Crippen LogP contribution is -2.17. The normalized spacial score (nSPS) is 11.5. The smallest absolute Gasteiger partial charge is 0.326 e. The summed E-state index contributed by atoms with van der Waals surface area (Å²) in [5.41, 5.74) is 1.94. The van der Waals surface area contributed by atoms with Gasteiger partial charge in [0.25, 0.3) is 0 Å². The maximum absolute atomic E-state index is 12.1. The summed E-state index contributed by atoms with van der Waals surface area (Å²) in [4.78, 5) is 11.6. The van der Waals surface area contributed by atoms with E-state index < -0.39 is 24.9 Å². The molecule has 0 spiro atoms. The summed E-state index contributed by atoms with van der Waals surface area (Å²) in [6, 6.07) is 5.15. The Balaban J connectivity index is 2.16. The molecule has 0 unspecified atom stereocenters. The first kappa shape index (κ1) is 16.0. The molecule has 0 saturated carbocycles. The average Bonchev–Trinajstić information content (AvgIpc) is 2.84. The fraction of sp³-hybridized carbons (Fsp3) is 0.357. The number of halogens is 3. The molecule has 0 saturated heterocycles. The maximum Gasteiger partial charge on any atom is 0.389 e. The summed E-state index contributed by atoms with van der Waals surface area (Å²) in [5.74, 6) is -0.0561. The number of hydrogen-bond donors (Lipinski definition) is 1. The Morgan fingerprint density at radius 1 is 1.36 bits per heavy atom. The summed E-state index contributed by atoms with van der Waals surface area (Å²) in [7, 11) is 1.78. The molecule has 118 valence electrons. The Morgan fingerprint density at radius 2 is 2.09 bits per heavy atom. The van der Waals surface area contributed by atoms with Gasteiger partial charge < -0.3 is 9.88 Å².